The molecular formula is C16H20N8O4S3. The molecule has 166 valence electrons. The summed E-state index contributed by atoms with van der Waals surface area (Å²) in [4.78, 5) is 3.42. The highest BCUT2D eigenvalue weighted by Gasteiger charge is 2.35. The summed E-state index contributed by atoms with van der Waals surface area (Å²) in [5.41, 5.74) is 18.4. The number of thiazole rings is 1. The van der Waals surface area contributed by atoms with Crippen molar-refractivity contribution < 1.29 is 16.8 Å². The number of sulfonamides is 2. The van der Waals surface area contributed by atoms with Gasteiger partial charge in [-0.2, -0.15) is 11.1 Å². The van der Waals surface area contributed by atoms with Gasteiger partial charge < -0.3 is 5.73 Å². The van der Waals surface area contributed by atoms with Crippen molar-refractivity contribution in [3.63, 3.8) is 0 Å². The van der Waals surface area contributed by atoms with Crippen molar-refractivity contribution in [2.24, 2.45) is 5.14 Å². The van der Waals surface area contributed by atoms with Crippen molar-refractivity contribution in [1.82, 2.24) is 31.2 Å². The second-order valence-electron chi connectivity index (χ2n) is 6.86. The summed E-state index contributed by atoms with van der Waals surface area (Å²) >= 11 is 1.29. The number of hydrazine groups is 3. The third kappa shape index (κ3) is 3.79. The van der Waals surface area contributed by atoms with E-state index >= 15 is 0 Å². The molecule has 15 heteroatoms. The van der Waals surface area contributed by atoms with Crippen LogP contribution in [-0.4, -0.2) is 40.2 Å². The van der Waals surface area contributed by atoms with E-state index in [1.807, 2.05) is 6.07 Å². The Hall–Kier alpha value is -2.21. The summed E-state index contributed by atoms with van der Waals surface area (Å²) in [7, 11) is -6.00. The van der Waals surface area contributed by atoms with Crippen LogP contribution in [0.3, 0.4) is 0 Å². The Kier molecular flexibility index (Phi) is 5.49. The Bertz CT molecular complexity index is 1380. The Morgan fingerprint density at radius 1 is 1.03 bits per heavy atom. The molecule has 4 rings (SSSR count). The van der Waals surface area contributed by atoms with Crippen LogP contribution in [0.2, 0.25) is 0 Å². The molecule has 0 atom stereocenters. The van der Waals surface area contributed by atoms with Gasteiger partial charge >= 0.3 is 0 Å². The average molecular weight is 485 g/mol. The summed E-state index contributed by atoms with van der Waals surface area (Å²) in [6.07, 6.45) is -0.841. The zero-order valence-corrected chi connectivity index (χ0v) is 18.8. The lowest BCUT2D eigenvalue weighted by molar-refractivity contribution is 0.510. The van der Waals surface area contributed by atoms with Gasteiger partial charge in [-0.3, -0.25) is 0 Å². The number of hydrogen-bond acceptors (Lipinski definition) is 11. The summed E-state index contributed by atoms with van der Waals surface area (Å²) < 4.78 is 53.0. The maximum atomic E-state index is 12.9. The SMILES string of the molecule is CN(C)S(=O)(=O)c1ccc(-c2cccc3sc(N)nc23)c(C2NNNN2)c1S(N)(=O)=O. The molecule has 1 aliphatic rings. The second kappa shape index (κ2) is 7.73. The van der Waals surface area contributed by atoms with Gasteiger partial charge in [0.15, 0.2) is 5.13 Å². The molecule has 3 aromatic rings. The van der Waals surface area contributed by atoms with E-state index < -0.39 is 36.0 Å². The molecule has 0 radical (unpaired) electrons. The first kappa shape index (κ1) is 22.0. The van der Waals surface area contributed by atoms with E-state index in [1.54, 1.807) is 12.1 Å². The van der Waals surface area contributed by atoms with E-state index in [4.69, 9.17) is 10.9 Å². The normalized spacial score (nSPS) is 15.9. The minimum absolute atomic E-state index is 0.113. The van der Waals surface area contributed by atoms with E-state index in [-0.39, 0.29) is 5.56 Å². The van der Waals surface area contributed by atoms with Gasteiger partial charge in [0, 0.05) is 25.2 Å². The smallest absolute Gasteiger partial charge is 0.243 e. The van der Waals surface area contributed by atoms with Gasteiger partial charge in [-0.05, 0) is 17.7 Å². The largest absolute Gasteiger partial charge is 0.375 e. The van der Waals surface area contributed by atoms with Gasteiger partial charge in [-0.25, -0.2) is 42.1 Å². The lowest BCUT2D eigenvalue weighted by atomic mass is 9.97. The average Bonchev–Trinajstić information content (AvgIpc) is 3.34. The van der Waals surface area contributed by atoms with Crippen molar-refractivity contribution in [3.05, 3.63) is 35.9 Å². The Labute approximate surface area is 182 Å². The number of nitrogens with one attached hydrogen (secondary N) is 4. The first-order valence-electron chi connectivity index (χ1n) is 8.80. The third-order valence-electron chi connectivity index (χ3n) is 4.71. The lowest BCUT2D eigenvalue weighted by Gasteiger charge is -2.23. The molecule has 0 aliphatic carbocycles. The Morgan fingerprint density at radius 2 is 1.71 bits per heavy atom. The maximum Gasteiger partial charge on any atom is 0.243 e. The first-order valence-corrected chi connectivity index (χ1v) is 12.6. The van der Waals surface area contributed by atoms with Crippen molar-refractivity contribution in [2.75, 3.05) is 19.8 Å². The molecule has 1 saturated heterocycles. The lowest BCUT2D eigenvalue weighted by Crippen LogP contribution is -2.33. The van der Waals surface area contributed by atoms with Gasteiger partial charge in [0.25, 0.3) is 0 Å². The monoisotopic (exact) mass is 484 g/mol. The van der Waals surface area contributed by atoms with Crippen LogP contribution in [0.1, 0.15) is 11.7 Å². The molecule has 1 fully saturated rings. The molecule has 2 aromatic carbocycles. The molecule has 2 heterocycles. The van der Waals surface area contributed by atoms with E-state index in [1.165, 1.54) is 37.6 Å². The van der Waals surface area contributed by atoms with Crippen molar-refractivity contribution in [3.8, 4) is 11.1 Å². The number of anilines is 1. The number of hydrogen-bond donors (Lipinski definition) is 6. The van der Waals surface area contributed by atoms with E-state index in [2.05, 4.69) is 26.9 Å². The van der Waals surface area contributed by atoms with Gasteiger partial charge in [-0.15, -0.1) is 0 Å². The predicted octanol–water partition coefficient (Wildman–Crippen LogP) is -0.441. The molecule has 8 N–H and O–H groups in total. The van der Waals surface area contributed by atoms with Crippen LogP contribution in [0, 0.1) is 0 Å². The zero-order chi connectivity index (χ0) is 22.6. The zero-order valence-electron chi connectivity index (χ0n) is 16.4. The maximum absolute atomic E-state index is 12.9. The molecule has 31 heavy (non-hydrogen) atoms. The number of benzene rings is 2. The molecule has 0 bridgehead atoms. The first-order chi connectivity index (χ1) is 14.5. The molecule has 1 aromatic heterocycles. The van der Waals surface area contributed by atoms with Crippen LogP contribution in [0.4, 0.5) is 5.13 Å². The molecule has 0 saturated carbocycles. The fourth-order valence-electron chi connectivity index (χ4n) is 3.37. The number of aromatic nitrogens is 1. The number of para-hydroxylation sites is 1. The number of nitrogens with zero attached hydrogens (tertiary/aromatic N) is 2. The highest BCUT2D eigenvalue weighted by atomic mass is 32.2. The fourth-order valence-corrected chi connectivity index (χ4v) is 6.66. The van der Waals surface area contributed by atoms with Crippen LogP contribution < -0.4 is 32.8 Å². The fraction of sp³-hybridized carbons (Fsp3) is 0.188. The van der Waals surface area contributed by atoms with Gasteiger partial charge in [0.05, 0.1) is 10.2 Å². The topological polar surface area (TPSA) is 185 Å². The van der Waals surface area contributed by atoms with E-state index in [0.717, 1.165) is 9.01 Å². The van der Waals surface area contributed by atoms with Crippen LogP contribution >= 0.6 is 11.3 Å². The summed E-state index contributed by atoms with van der Waals surface area (Å²) in [6.45, 7) is 0. The van der Waals surface area contributed by atoms with Crippen molar-refractivity contribution in [1.29, 1.82) is 0 Å². The summed E-state index contributed by atoms with van der Waals surface area (Å²) in [5.74, 6) is 0. The number of primary sulfonamides is 1. The van der Waals surface area contributed by atoms with Crippen molar-refractivity contribution >= 4 is 46.7 Å². The van der Waals surface area contributed by atoms with Gasteiger partial charge in [-0.1, -0.05) is 29.5 Å². The quantitative estimate of drug-likeness (QED) is 0.277. The number of rotatable bonds is 5. The molecule has 0 spiro atoms. The highest BCUT2D eigenvalue weighted by Crippen LogP contribution is 2.40. The summed E-state index contributed by atoms with van der Waals surface area (Å²) in [5, 5.41) is 5.90. The second-order valence-corrected chi connectivity index (χ2v) is 11.5. The van der Waals surface area contributed by atoms with Crippen molar-refractivity contribution in [2.45, 2.75) is 16.0 Å². The van der Waals surface area contributed by atoms with E-state index in [0.29, 0.717) is 21.8 Å². The minimum Gasteiger partial charge on any atom is -0.375 e. The molecule has 12 nitrogen and oxygen atoms in total. The molecule has 0 amide bonds. The molecular weight excluding hydrogens is 464 g/mol. The van der Waals surface area contributed by atoms with Crippen LogP contribution in [0.15, 0.2) is 40.1 Å². The number of nitrogen functional groups attached to an aromatic ring is 1. The third-order valence-corrected chi connectivity index (χ3v) is 8.56. The van der Waals surface area contributed by atoms with Crippen LogP contribution in [0.5, 0.6) is 0 Å². The summed E-state index contributed by atoms with van der Waals surface area (Å²) in [6, 6.07) is 8.15. The van der Waals surface area contributed by atoms with Crippen LogP contribution in [0.25, 0.3) is 21.3 Å². The highest BCUT2D eigenvalue weighted by molar-refractivity contribution is 7.92. The van der Waals surface area contributed by atoms with Gasteiger partial charge in [0.2, 0.25) is 20.0 Å². The minimum atomic E-state index is -4.48. The Morgan fingerprint density at radius 3 is 2.32 bits per heavy atom. The number of nitrogens with two attached hydrogens (primary N) is 2. The molecule has 0 unspecified atom stereocenters. The standard InChI is InChI=1S/C16H20N8O4S3/c1-24(2)31(27,28)11-7-6-8(9-4-3-5-10-13(9)19-16(17)29-10)12(14(11)30(18,25)26)15-20-22-23-21-15/h3-7,15,20-23H,1-2H3,(H2,17,19)(H2,18,25,26). The van der Waals surface area contributed by atoms with E-state index in [9.17, 15) is 16.8 Å². The number of fused-ring (bicyclic) bond motifs is 1. The van der Waals surface area contributed by atoms with Crippen LogP contribution in [-0.2, 0) is 20.0 Å². The van der Waals surface area contributed by atoms with Gasteiger partial charge in [0.1, 0.15) is 16.0 Å². The Balaban J connectivity index is 2.15. The molecule has 1 aliphatic heterocycles. The predicted molar refractivity (Wildman–Crippen MR) is 117 cm³/mol.